The van der Waals surface area contributed by atoms with Crippen LogP contribution in [0.15, 0.2) is 42.7 Å². The van der Waals surface area contributed by atoms with Crippen molar-refractivity contribution in [3.05, 3.63) is 53.9 Å². The van der Waals surface area contributed by atoms with Gasteiger partial charge in [0.05, 0.1) is 0 Å². The molecule has 2 heterocycles. The summed E-state index contributed by atoms with van der Waals surface area (Å²) in [6, 6.07) is 10.2. The number of carbonyl (C=O) groups excluding carboxylic acids is 1. The molecule has 1 aromatic carbocycles. The molecular formula is C19H23N3O. The van der Waals surface area contributed by atoms with E-state index < -0.39 is 0 Å². The van der Waals surface area contributed by atoms with Gasteiger partial charge in [-0.1, -0.05) is 6.07 Å². The highest BCUT2D eigenvalue weighted by molar-refractivity contribution is 5.92. The van der Waals surface area contributed by atoms with E-state index in [1.54, 1.807) is 0 Å². The molecule has 23 heavy (non-hydrogen) atoms. The van der Waals surface area contributed by atoms with Gasteiger partial charge < -0.3 is 10.2 Å². The third-order valence-electron chi connectivity index (χ3n) is 4.38. The van der Waals surface area contributed by atoms with Crippen LogP contribution in [0.4, 0.5) is 11.4 Å². The van der Waals surface area contributed by atoms with Crippen LogP contribution in [-0.2, 0) is 4.79 Å². The molecule has 1 fully saturated rings. The Morgan fingerprint density at radius 2 is 1.70 bits per heavy atom. The SMILES string of the molecule is Cc1cc(C)cc(NC(=O)C2CCN(c3ccncc3)CC2)c1. The van der Waals surface area contributed by atoms with E-state index in [1.165, 1.54) is 16.8 Å². The minimum absolute atomic E-state index is 0.0916. The normalized spacial score (nSPS) is 15.5. The summed E-state index contributed by atoms with van der Waals surface area (Å²) in [6.07, 6.45) is 5.40. The molecule has 3 rings (SSSR count). The van der Waals surface area contributed by atoms with Gasteiger partial charge in [-0.3, -0.25) is 9.78 Å². The Morgan fingerprint density at radius 1 is 1.09 bits per heavy atom. The van der Waals surface area contributed by atoms with Gasteiger partial charge in [0.1, 0.15) is 0 Å². The zero-order valence-electron chi connectivity index (χ0n) is 13.7. The quantitative estimate of drug-likeness (QED) is 0.943. The molecule has 0 atom stereocenters. The molecule has 0 bridgehead atoms. The van der Waals surface area contributed by atoms with Crippen molar-refractivity contribution in [1.29, 1.82) is 0 Å². The minimum atomic E-state index is 0.0916. The van der Waals surface area contributed by atoms with Crippen LogP contribution < -0.4 is 10.2 Å². The fraction of sp³-hybridized carbons (Fsp3) is 0.368. The third-order valence-corrected chi connectivity index (χ3v) is 4.38. The van der Waals surface area contributed by atoms with E-state index in [-0.39, 0.29) is 11.8 Å². The Kier molecular flexibility index (Phi) is 4.60. The summed E-state index contributed by atoms with van der Waals surface area (Å²) < 4.78 is 0. The highest BCUT2D eigenvalue weighted by Crippen LogP contribution is 2.24. The van der Waals surface area contributed by atoms with Crippen LogP contribution in [-0.4, -0.2) is 24.0 Å². The second-order valence-corrected chi connectivity index (χ2v) is 6.33. The van der Waals surface area contributed by atoms with Crippen molar-refractivity contribution >= 4 is 17.3 Å². The molecule has 0 spiro atoms. The molecule has 1 amide bonds. The summed E-state index contributed by atoms with van der Waals surface area (Å²) in [5, 5.41) is 3.08. The number of nitrogens with zero attached hydrogens (tertiary/aromatic N) is 2. The van der Waals surface area contributed by atoms with Crippen molar-refractivity contribution in [2.45, 2.75) is 26.7 Å². The number of rotatable bonds is 3. The van der Waals surface area contributed by atoms with Crippen molar-refractivity contribution in [3.63, 3.8) is 0 Å². The van der Waals surface area contributed by atoms with E-state index in [4.69, 9.17) is 0 Å². The number of aromatic nitrogens is 1. The van der Waals surface area contributed by atoms with Gasteiger partial charge in [0, 0.05) is 42.8 Å². The monoisotopic (exact) mass is 309 g/mol. The minimum Gasteiger partial charge on any atom is -0.371 e. The molecule has 0 aliphatic carbocycles. The largest absolute Gasteiger partial charge is 0.371 e. The molecule has 2 aromatic rings. The van der Waals surface area contributed by atoms with Gasteiger partial charge in [0.2, 0.25) is 5.91 Å². The number of amides is 1. The molecule has 1 saturated heterocycles. The second-order valence-electron chi connectivity index (χ2n) is 6.33. The molecule has 1 aromatic heterocycles. The maximum Gasteiger partial charge on any atom is 0.227 e. The lowest BCUT2D eigenvalue weighted by Crippen LogP contribution is -2.38. The van der Waals surface area contributed by atoms with Gasteiger partial charge in [-0.25, -0.2) is 0 Å². The molecule has 1 aliphatic heterocycles. The van der Waals surface area contributed by atoms with Crippen LogP contribution in [0.25, 0.3) is 0 Å². The lowest BCUT2D eigenvalue weighted by atomic mass is 9.95. The number of benzene rings is 1. The van der Waals surface area contributed by atoms with Crippen molar-refractivity contribution in [2.75, 3.05) is 23.3 Å². The molecular weight excluding hydrogens is 286 g/mol. The predicted octanol–water partition coefficient (Wildman–Crippen LogP) is 3.55. The first kappa shape index (κ1) is 15.5. The Balaban J connectivity index is 1.58. The maximum atomic E-state index is 12.5. The molecule has 0 unspecified atom stereocenters. The second kappa shape index (κ2) is 6.82. The molecule has 0 radical (unpaired) electrons. The molecule has 120 valence electrons. The number of hydrogen-bond acceptors (Lipinski definition) is 3. The summed E-state index contributed by atoms with van der Waals surface area (Å²) in [4.78, 5) is 18.9. The number of aryl methyl sites for hydroxylation is 2. The lowest BCUT2D eigenvalue weighted by Gasteiger charge is -2.32. The summed E-state index contributed by atoms with van der Waals surface area (Å²) in [5.41, 5.74) is 4.44. The molecule has 4 nitrogen and oxygen atoms in total. The lowest BCUT2D eigenvalue weighted by molar-refractivity contribution is -0.120. The summed E-state index contributed by atoms with van der Waals surface area (Å²) in [7, 11) is 0. The van der Waals surface area contributed by atoms with E-state index in [9.17, 15) is 4.79 Å². The molecule has 1 N–H and O–H groups in total. The van der Waals surface area contributed by atoms with Crippen LogP contribution >= 0.6 is 0 Å². The van der Waals surface area contributed by atoms with Crippen LogP contribution in [0.5, 0.6) is 0 Å². The smallest absolute Gasteiger partial charge is 0.227 e. The number of pyridine rings is 1. The predicted molar refractivity (Wildman–Crippen MR) is 93.7 cm³/mol. The van der Waals surface area contributed by atoms with Crippen LogP contribution in [0.3, 0.4) is 0 Å². The van der Waals surface area contributed by atoms with Gasteiger partial charge >= 0.3 is 0 Å². The van der Waals surface area contributed by atoms with Crippen LogP contribution in [0, 0.1) is 19.8 Å². The summed E-state index contributed by atoms with van der Waals surface area (Å²) >= 11 is 0. The fourth-order valence-corrected chi connectivity index (χ4v) is 3.25. The topological polar surface area (TPSA) is 45.2 Å². The molecule has 0 saturated carbocycles. The number of carbonyl (C=O) groups is 1. The number of hydrogen-bond donors (Lipinski definition) is 1. The van der Waals surface area contributed by atoms with Gasteiger partial charge in [-0.2, -0.15) is 0 Å². The number of nitrogens with one attached hydrogen (secondary N) is 1. The first-order chi connectivity index (χ1) is 11.1. The van der Waals surface area contributed by atoms with Crippen molar-refractivity contribution in [2.24, 2.45) is 5.92 Å². The Hall–Kier alpha value is -2.36. The first-order valence-electron chi connectivity index (χ1n) is 8.16. The molecule has 1 aliphatic rings. The van der Waals surface area contributed by atoms with Gasteiger partial charge in [-0.15, -0.1) is 0 Å². The Morgan fingerprint density at radius 3 is 2.30 bits per heavy atom. The van der Waals surface area contributed by atoms with Gasteiger partial charge in [0.25, 0.3) is 0 Å². The van der Waals surface area contributed by atoms with Crippen molar-refractivity contribution in [1.82, 2.24) is 4.98 Å². The van der Waals surface area contributed by atoms with Gasteiger partial charge in [0.15, 0.2) is 0 Å². The van der Waals surface area contributed by atoms with Crippen LogP contribution in [0.1, 0.15) is 24.0 Å². The average molecular weight is 309 g/mol. The van der Waals surface area contributed by atoms with E-state index in [1.807, 2.05) is 36.7 Å². The maximum absolute atomic E-state index is 12.5. The van der Waals surface area contributed by atoms with E-state index >= 15 is 0 Å². The summed E-state index contributed by atoms with van der Waals surface area (Å²) in [5.74, 6) is 0.235. The average Bonchev–Trinajstić information content (AvgIpc) is 2.55. The van der Waals surface area contributed by atoms with Crippen molar-refractivity contribution in [3.8, 4) is 0 Å². The zero-order valence-corrected chi connectivity index (χ0v) is 13.7. The number of anilines is 2. The van der Waals surface area contributed by atoms with Gasteiger partial charge in [-0.05, 0) is 62.1 Å². The summed E-state index contributed by atoms with van der Waals surface area (Å²) in [6.45, 7) is 5.93. The first-order valence-corrected chi connectivity index (χ1v) is 8.16. The fourth-order valence-electron chi connectivity index (χ4n) is 3.25. The Labute approximate surface area is 137 Å². The van der Waals surface area contributed by atoms with E-state index in [0.29, 0.717) is 0 Å². The van der Waals surface area contributed by atoms with Crippen molar-refractivity contribution < 1.29 is 4.79 Å². The molecule has 4 heteroatoms. The van der Waals surface area contributed by atoms with Crippen LogP contribution in [0.2, 0.25) is 0 Å². The highest BCUT2D eigenvalue weighted by atomic mass is 16.1. The standard InChI is InChI=1S/C19H23N3O/c1-14-11-15(2)13-17(12-14)21-19(23)16-5-9-22(10-6-16)18-3-7-20-8-4-18/h3-4,7-8,11-13,16H,5-6,9-10H2,1-2H3,(H,21,23). The third kappa shape index (κ3) is 3.89. The highest BCUT2D eigenvalue weighted by Gasteiger charge is 2.25. The Bertz CT molecular complexity index is 656. The van der Waals surface area contributed by atoms with E-state index in [2.05, 4.69) is 35.1 Å². The zero-order chi connectivity index (χ0) is 16.2. The number of piperidine rings is 1. The van der Waals surface area contributed by atoms with E-state index in [0.717, 1.165) is 31.6 Å².